The van der Waals surface area contributed by atoms with E-state index < -0.39 is 41.1 Å². The predicted octanol–water partition coefficient (Wildman–Crippen LogP) is 1.49. The fraction of sp³-hybridized carbons (Fsp3) is 0.593. The molecule has 1 heterocycles. The topological polar surface area (TPSA) is 169 Å². The van der Waals surface area contributed by atoms with Gasteiger partial charge in [0.1, 0.15) is 24.0 Å². The third-order valence-electron chi connectivity index (χ3n) is 6.31. The van der Waals surface area contributed by atoms with Gasteiger partial charge in [-0.2, -0.15) is 0 Å². The van der Waals surface area contributed by atoms with Gasteiger partial charge in [0, 0.05) is 19.5 Å². The van der Waals surface area contributed by atoms with Gasteiger partial charge in [-0.1, -0.05) is 44.2 Å². The molecule has 0 saturated carbocycles. The summed E-state index contributed by atoms with van der Waals surface area (Å²) in [5, 5.41) is 5.48. The fourth-order valence-electron chi connectivity index (χ4n) is 4.49. The van der Waals surface area contributed by atoms with Crippen LogP contribution >= 0.6 is 0 Å². The first-order valence-electron chi connectivity index (χ1n) is 12.9. The Bertz CT molecular complexity index is 1000. The van der Waals surface area contributed by atoms with E-state index >= 15 is 0 Å². The van der Waals surface area contributed by atoms with Crippen LogP contribution in [0.25, 0.3) is 0 Å². The molecule has 1 aliphatic heterocycles. The Labute approximate surface area is 224 Å². The highest BCUT2D eigenvalue weighted by atomic mass is 16.6. The van der Waals surface area contributed by atoms with Crippen LogP contribution in [0, 0.1) is 5.41 Å². The first-order chi connectivity index (χ1) is 17.7. The SMILES string of the molecule is CC(C)(C)OC(=O)N[C@H](Cc1ccccc1)C(=O)N1CCC(C)(C)[C@H]1C(=O)N[C@H](C=O)CCCN=C(N)N. The number of nitrogens with zero attached hydrogens (tertiary/aromatic N) is 2. The van der Waals surface area contributed by atoms with Crippen LogP contribution in [0.4, 0.5) is 4.79 Å². The molecular weight excluding hydrogens is 488 g/mol. The second-order valence-corrected chi connectivity index (χ2v) is 11.3. The average molecular weight is 531 g/mol. The van der Waals surface area contributed by atoms with Gasteiger partial charge in [-0.25, -0.2) is 4.79 Å². The van der Waals surface area contributed by atoms with Crippen LogP contribution in [0.1, 0.15) is 59.4 Å². The lowest BCUT2D eigenvalue weighted by Crippen LogP contribution is -2.58. The minimum Gasteiger partial charge on any atom is -0.444 e. The molecular formula is C27H42N6O5. The zero-order valence-electron chi connectivity index (χ0n) is 23.0. The number of nitrogens with two attached hydrogens (primary N) is 2. The van der Waals surface area contributed by atoms with E-state index in [1.807, 2.05) is 44.2 Å². The van der Waals surface area contributed by atoms with E-state index in [0.29, 0.717) is 38.6 Å². The third kappa shape index (κ3) is 9.35. The zero-order chi connectivity index (χ0) is 28.5. The summed E-state index contributed by atoms with van der Waals surface area (Å²) in [5.41, 5.74) is 10.2. The van der Waals surface area contributed by atoms with Crippen LogP contribution in [-0.4, -0.2) is 71.9 Å². The van der Waals surface area contributed by atoms with Crippen molar-refractivity contribution in [3.63, 3.8) is 0 Å². The molecule has 0 radical (unpaired) electrons. The van der Waals surface area contributed by atoms with Crippen molar-refractivity contribution >= 4 is 30.2 Å². The van der Waals surface area contributed by atoms with Crippen LogP contribution < -0.4 is 22.1 Å². The van der Waals surface area contributed by atoms with E-state index in [0.717, 1.165) is 5.56 Å². The van der Waals surface area contributed by atoms with Crippen molar-refractivity contribution in [1.29, 1.82) is 0 Å². The zero-order valence-corrected chi connectivity index (χ0v) is 23.0. The predicted molar refractivity (Wildman–Crippen MR) is 145 cm³/mol. The molecule has 210 valence electrons. The lowest BCUT2D eigenvalue weighted by molar-refractivity contribution is -0.142. The normalized spacial score (nSPS) is 18.1. The van der Waals surface area contributed by atoms with E-state index in [9.17, 15) is 19.2 Å². The number of carbonyl (C=O) groups excluding carboxylic acids is 4. The Balaban J connectivity index is 2.23. The first-order valence-corrected chi connectivity index (χ1v) is 12.9. The molecule has 11 heteroatoms. The molecule has 3 atom stereocenters. The van der Waals surface area contributed by atoms with Gasteiger partial charge < -0.3 is 36.5 Å². The highest BCUT2D eigenvalue weighted by Gasteiger charge is 2.48. The quantitative estimate of drug-likeness (QED) is 0.145. The molecule has 1 fully saturated rings. The number of guanidine groups is 1. The molecule has 6 N–H and O–H groups in total. The minimum absolute atomic E-state index is 0.0383. The number of ether oxygens (including phenoxy) is 1. The number of rotatable bonds is 11. The van der Waals surface area contributed by atoms with Gasteiger partial charge in [-0.15, -0.1) is 0 Å². The largest absolute Gasteiger partial charge is 0.444 e. The molecule has 38 heavy (non-hydrogen) atoms. The number of alkyl carbamates (subject to hydrolysis) is 1. The number of nitrogens with one attached hydrogen (secondary N) is 2. The van der Waals surface area contributed by atoms with Crippen molar-refractivity contribution < 1.29 is 23.9 Å². The summed E-state index contributed by atoms with van der Waals surface area (Å²) < 4.78 is 5.40. The Kier molecular flexibility index (Phi) is 10.7. The van der Waals surface area contributed by atoms with Crippen LogP contribution in [0.5, 0.6) is 0 Å². The molecule has 1 aliphatic rings. The van der Waals surface area contributed by atoms with Gasteiger partial charge >= 0.3 is 6.09 Å². The first kappa shape index (κ1) is 30.6. The molecule has 11 nitrogen and oxygen atoms in total. The highest BCUT2D eigenvalue weighted by Crippen LogP contribution is 2.37. The smallest absolute Gasteiger partial charge is 0.408 e. The fourth-order valence-corrected chi connectivity index (χ4v) is 4.49. The molecule has 1 aromatic carbocycles. The molecule has 2 rings (SSSR count). The monoisotopic (exact) mass is 530 g/mol. The second kappa shape index (κ2) is 13.3. The van der Waals surface area contributed by atoms with Crippen molar-refractivity contribution in [2.45, 2.75) is 84.0 Å². The summed E-state index contributed by atoms with van der Waals surface area (Å²) in [6, 6.07) is 6.79. The van der Waals surface area contributed by atoms with E-state index in [2.05, 4.69) is 15.6 Å². The molecule has 0 spiro atoms. The van der Waals surface area contributed by atoms with Crippen LogP contribution in [0.2, 0.25) is 0 Å². The number of carbonyl (C=O) groups is 4. The molecule has 3 amide bonds. The maximum atomic E-state index is 13.9. The summed E-state index contributed by atoms with van der Waals surface area (Å²) in [4.78, 5) is 57.0. The molecule has 1 saturated heterocycles. The van der Waals surface area contributed by atoms with Gasteiger partial charge in [0.15, 0.2) is 5.96 Å². The summed E-state index contributed by atoms with van der Waals surface area (Å²) in [7, 11) is 0. The molecule has 0 aromatic heterocycles. The van der Waals surface area contributed by atoms with Gasteiger partial charge in [0.05, 0.1) is 6.04 Å². The van der Waals surface area contributed by atoms with Gasteiger partial charge in [-0.05, 0) is 51.0 Å². The van der Waals surface area contributed by atoms with Crippen molar-refractivity contribution in [3.05, 3.63) is 35.9 Å². The summed E-state index contributed by atoms with van der Waals surface area (Å²) in [6.45, 7) is 9.71. The number of hydrogen-bond donors (Lipinski definition) is 4. The minimum atomic E-state index is -0.946. The summed E-state index contributed by atoms with van der Waals surface area (Å²) in [5.74, 6) is -0.847. The Morgan fingerprint density at radius 2 is 1.84 bits per heavy atom. The van der Waals surface area contributed by atoms with Gasteiger partial charge in [0.2, 0.25) is 11.8 Å². The average Bonchev–Trinajstić information content (AvgIpc) is 3.14. The third-order valence-corrected chi connectivity index (χ3v) is 6.31. The number of likely N-dealkylation sites (tertiary alicyclic amines) is 1. The number of benzene rings is 1. The summed E-state index contributed by atoms with van der Waals surface area (Å²) in [6.07, 6.45) is 1.61. The maximum absolute atomic E-state index is 13.9. The standard InChI is InChI=1S/C27H42N6O5/c1-26(2,3)38-25(37)32-20(16-18-10-7-6-8-11-18)23(36)33-15-13-27(4,5)21(33)22(35)31-19(17-34)12-9-14-30-24(28)29/h6-8,10-11,17,19-21H,9,12-16H2,1-5H3,(H,31,35)(H,32,37)(H4,28,29,30)/t19-,20+,21+/m0/s1. The molecule has 0 unspecified atom stereocenters. The lowest BCUT2D eigenvalue weighted by atomic mass is 9.84. The maximum Gasteiger partial charge on any atom is 0.408 e. The summed E-state index contributed by atoms with van der Waals surface area (Å²) >= 11 is 0. The number of aliphatic imine (C=N–C) groups is 1. The van der Waals surface area contributed by atoms with Crippen molar-refractivity contribution in [3.8, 4) is 0 Å². The number of hydrogen-bond acceptors (Lipinski definition) is 6. The van der Waals surface area contributed by atoms with E-state index in [-0.39, 0.29) is 18.3 Å². The van der Waals surface area contributed by atoms with E-state index in [1.54, 1.807) is 20.8 Å². The Morgan fingerprint density at radius 1 is 1.18 bits per heavy atom. The van der Waals surface area contributed by atoms with Crippen molar-refractivity contribution in [2.24, 2.45) is 21.9 Å². The highest BCUT2D eigenvalue weighted by molar-refractivity contribution is 5.93. The van der Waals surface area contributed by atoms with Crippen LogP contribution in [0.3, 0.4) is 0 Å². The number of aldehydes is 1. The molecule has 1 aromatic rings. The van der Waals surface area contributed by atoms with E-state index in [1.165, 1.54) is 4.90 Å². The lowest BCUT2D eigenvalue weighted by Gasteiger charge is -2.34. The van der Waals surface area contributed by atoms with E-state index in [4.69, 9.17) is 16.2 Å². The van der Waals surface area contributed by atoms with Crippen molar-refractivity contribution in [1.82, 2.24) is 15.5 Å². The molecule has 0 aliphatic carbocycles. The van der Waals surface area contributed by atoms with Crippen LogP contribution in [0.15, 0.2) is 35.3 Å². The van der Waals surface area contributed by atoms with Crippen molar-refractivity contribution in [2.75, 3.05) is 13.1 Å². The second-order valence-electron chi connectivity index (χ2n) is 11.3. The van der Waals surface area contributed by atoms with Gasteiger partial charge in [-0.3, -0.25) is 14.6 Å². The van der Waals surface area contributed by atoms with Crippen LogP contribution in [-0.2, 0) is 25.5 Å². The molecule has 0 bridgehead atoms. The Morgan fingerprint density at radius 3 is 2.42 bits per heavy atom. The number of amides is 3. The Hall–Kier alpha value is -3.63. The van der Waals surface area contributed by atoms with Gasteiger partial charge in [0.25, 0.3) is 0 Å².